The first kappa shape index (κ1) is 13.5. The minimum atomic E-state index is -0.476. The van der Waals surface area contributed by atoms with Crippen molar-refractivity contribution in [3.8, 4) is 0 Å². The van der Waals surface area contributed by atoms with E-state index in [9.17, 15) is 9.59 Å². The Labute approximate surface area is 112 Å². The summed E-state index contributed by atoms with van der Waals surface area (Å²) in [6.45, 7) is 3.54. The van der Waals surface area contributed by atoms with E-state index in [1.807, 2.05) is 0 Å². The zero-order valence-electron chi connectivity index (χ0n) is 11.0. The number of hydrogen-bond acceptors (Lipinski definition) is 3. The zero-order valence-corrected chi connectivity index (χ0v) is 11.0. The van der Waals surface area contributed by atoms with Crippen molar-refractivity contribution in [1.82, 2.24) is 5.32 Å². The first-order valence-electron chi connectivity index (χ1n) is 6.50. The molecule has 5 heteroatoms. The Kier molecular flexibility index (Phi) is 4.16. The number of primary amides is 1. The number of rotatable bonds is 3. The summed E-state index contributed by atoms with van der Waals surface area (Å²) in [5.74, 6) is -0.417. The van der Waals surface area contributed by atoms with Gasteiger partial charge in [-0.1, -0.05) is 6.07 Å². The van der Waals surface area contributed by atoms with Gasteiger partial charge in [0.2, 0.25) is 11.8 Å². The second-order valence-electron chi connectivity index (χ2n) is 4.86. The maximum atomic E-state index is 12.1. The lowest BCUT2D eigenvalue weighted by Gasteiger charge is -2.22. The van der Waals surface area contributed by atoms with E-state index in [-0.39, 0.29) is 11.8 Å². The molecule has 19 heavy (non-hydrogen) atoms. The average Bonchev–Trinajstić information content (AvgIpc) is 2.41. The van der Waals surface area contributed by atoms with E-state index in [2.05, 4.69) is 10.6 Å². The van der Waals surface area contributed by atoms with Crippen molar-refractivity contribution in [2.24, 2.45) is 11.7 Å². The topological polar surface area (TPSA) is 84.2 Å². The fourth-order valence-corrected chi connectivity index (χ4v) is 2.36. The Balaban J connectivity index is 2.12. The highest BCUT2D eigenvalue weighted by Gasteiger charge is 2.21. The van der Waals surface area contributed by atoms with E-state index in [1.54, 1.807) is 25.1 Å². The summed E-state index contributed by atoms with van der Waals surface area (Å²) in [6.07, 6.45) is 1.70. The van der Waals surface area contributed by atoms with E-state index >= 15 is 0 Å². The van der Waals surface area contributed by atoms with Crippen molar-refractivity contribution in [2.45, 2.75) is 19.8 Å². The van der Waals surface area contributed by atoms with Crippen molar-refractivity contribution in [3.63, 3.8) is 0 Å². The molecular weight excluding hydrogens is 242 g/mol. The summed E-state index contributed by atoms with van der Waals surface area (Å²) in [4.78, 5) is 23.4. The van der Waals surface area contributed by atoms with Crippen LogP contribution in [0.3, 0.4) is 0 Å². The summed E-state index contributed by atoms with van der Waals surface area (Å²) >= 11 is 0. The Morgan fingerprint density at radius 3 is 2.63 bits per heavy atom. The van der Waals surface area contributed by atoms with E-state index < -0.39 is 5.91 Å². The fraction of sp³-hybridized carbons (Fsp3) is 0.429. The van der Waals surface area contributed by atoms with Crippen LogP contribution in [0, 0.1) is 12.8 Å². The predicted octanol–water partition coefficient (Wildman–Crippen LogP) is 1.03. The largest absolute Gasteiger partial charge is 0.366 e. The molecule has 1 aromatic carbocycles. The van der Waals surface area contributed by atoms with Gasteiger partial charge in [0.15, 0.2) is 0 Å². The quantitative estimate of drug-likeness (QED) is 0.760. The summed E-state index contributed by atoms with van der Waals surface area (Å²) < 4.78 is 0. The van der Waals surface area contributed by atoms with Gasteiger partial charge in [0.05, 0.1) is 0 Å². The molecule has 1 aliphatic rings. The highest BCUT2D eigenvalue weighted by atomic mass is 16.2. The van der Waals surface area contributed by atoms with Crippen LogP contribution in [0.1, 0.15) is 28.8 Å². The average molecular weight is 261 g/mol. The summed E-state index contributed by atoms with van der Waals surface area (Å²) in [6, 6.07) is 5.18. The van der Waals surface area contributed by atoms with Gasteiger partial charge in [0.25, 0.3) is 0 Å². The number of piperidine rings is 1. The molecule has 0 radical (unpaired) electrons. The number of hydrogen-bond donors (Lipinski definition) is 3. The monoisotopic (exact) mass is 261 g/mol. The van der Waals surface area contributed by atoms with Crippen molar-refractivity contribution in [1.29, 1.82) is 0 Å². The van der Waals surface area contributed by atoms with E-state index in [4.69, 9.17) is 5.73 Å². The van der Waals surface area contributed by atoms with E-state index in [0.29, 0.717) is 11.3 Å². The minimum Gasteiger partial charge on any atom is -0.366 e. The standard InChI is InChI=1S/C14H19N3O2/c1-9-11(13(15)18)3-2-4-12(9)17-14(19)10-5-7-16-8-6-10/h2-4,10,16H,5-8H2,1H3,(H2,15,18)(H,17,19). The van der Waals surface area contributed by atoms with Crippen LogP contribution in [-0.2, 0) is 4.79 Å². The van der Waals surface area contributed by atoms with Crippen molar-refractivity contribution >= 4 is 17.5 Å². The Morgan fingerprint density at radius 1 is 1.32 bits per heavy atom. The van der Waals surface area contributed by atoms with Gasteiger partial charge < -0.3 is 16.4 Å². The third-order valence-corrected chi connectivity index (χ3v) is 3.57. The molecule has 1 aliphatic heterocycles. The smallest absolute Gasteiger partial charge is 0.249 e. The molecule has 1 fully saturated rings. The van der Waals surface area contributed by atoms with Crippen LogP contribution in [0.25, 0.3) is 0 Å². The summed E-state index contributed by atoms with van der Waals surface area (Å²) in [5.41, 5.74) is 7.13. The zero-order chi connectivity index (χ0) is 13.8. The molecular formula is C14H19N3O2. The van der Waals surface area contributed by atoms with Crippen LogP contribution in [0.5, 0.6) is 0 Å². The molecule has 0 unspecified atom stereocenters. The van der Waals surface area contributed by atoms with Gasteiger partial charge in [-0.15, -0.1) is 0 Å². The molecule has 1 heterocycles. The molecule has 2 amide bonds. The number of benzene rings is 1. The molecule has 1 saturated heterocycles. The fourth-order valence-electron chi connectivity index (χ4n) is 2.36. The predicted molar refractivity (Wildman–Crippen MR) is 73.9 cm³/mol. The lowest BCUT2D eigenvalue weighted by molar-refractivity contribution is -0.120. The lowest BCUT2D eigenvalue weighted by Crippen LogP contribution is -2.34. The molecule has 0 aromatic heterocycles. The second-order valence-corrected chi connectivity index (χ2v) is 4.86. The number of carbonyl (C=O) groups excluding carboxylic acids is 2. The Hall–Kier alpha value is -1.88. The number of amides is 2. The number of anilines is 1. The lowest BCUT2D eigenvalue weighted by atomic mass is 9.97. The molecule has 102 valence electrons. The van der Waals surface area contributed by atoms with E-state index in [1.165, 1.54) is 0 Å². The summed E-state index contributed by atoms with van der Waals surface area (Å²) in [5, 5.41) is 6.13. The molecule has 2 rings (SSSR count). The van der Waals surface area contributed by atoms with Gasteiger partial charge in [0.1, 0.15) is 0 Å². The maximum Gasteiger partial charge on any atom is 0.249 e. The molecule has 5 nitrogen and oxygen atoms in total. The Morgan fingerprint density at radius 2 is 2.00 bits per heavy atom. The number of nitrogens with one attached hydrogen (secondary N) is 2. The first-order valence-corrected chi connectivity index (χ1v) is 6.50. The van der Waals surface area contributed by atoms with Crippen molar-refractivity contribution < 1.29 is 9.59 Å². The third kappa shape index (κ3) is 3.12. The molecule has 4 N–H and O–H groups in total. The summed E-state index contributed by atoms with van der Waals surface area (Å²) in [7, 11) is 0. The number of nitrogens with two attached hydrogens (primary N) is 1. The molecule has 0 spiro atoms. The van der Waals surface area contributed by atoms with Crippen molar-refractivity contribution in [3.05, 3.63) is 29.3 Å². The number of carbonyl (C=O) groups is 2. The van der Waals surface area contributed by atoms with Gasteiger partial charge in [0, 0.05) is 17.2 Å². The maximum absolute atomic E-state index is 12.1. The van der Waals surface area contributed by atoms with E-state index in [0.717, 1.165) is 31.5 Å². The first-order chi connectivity index (χ1) is 9.09. The van der Waals surface area contributed by atoms with Crippen LogP contribution in [0.4, 0.5) is 5.69 Å². The highest BCUT2D eigenvalue weighted by Crippen LogP contribution is 2.21. The van der Waals surface area contributed by atoms with Gasteiger partial charge >= 0.3 is 0 Å². The molecule has 0 saturated carbocycles. The molecule has 0 bridgehead atoms. The van der Waals surface area contributed by atoms with Crippen LogP contribution in [-0.4, -0.2) is 24.9 Å². The van der Waals surface area contributed by atoms with Crippen LogP contribution < -0.4 is 16.4 Å². The van der Waals surface area contributed by atoms with Crippen LogP contribution >= 0.6 is 0 Å². The van der Waals surface area contributed by atoms with Gasteiger partial charge in [-0.2, -0.15) is 0 Å². The second kappa shape index (κ2) is 5.84. The van der Waals surface area contributed by atoms with Gasteiger partial charge in [-0.3, -0.25) is 9.59 Å². The van der Waals surface area contributed by atoms with Gasteiger partial charge in [-0.05, 0) is 50.6 Å². The van der Waals surface area contributed by atoms with Crippen LogP contribution in [0.2, 0.25) is 0 Å². The highest BCUT2D eigenvalue weighted by molar-refractivity contribution is 5.99. The van der Waals surface area contributed by atoms with Crippen LogP contribution in [0.15, 0.2) is 18.2 Å². The van der Waals surface area contributed by atoms with Crippen molar-refractivity contribution in [2.75, 3.05) is 18.4 Å². The third-order valence-electron chi connectivity index (χ3n) is 3.57. The van der Waals surface area contributed by atoms with Gasteiger partial charge in [-0.25, -0.2) is 0 Å². The molecule has 0 atom stereocenters. The molecule has 1 aromatic rings. The molecule has 0 aliphatic carbocycles. The SMILES string of the molecule is Cc1c(NC(=O)C2CCNCC2)cccc1C(N)=O. The normalized spacial score (nSPS) is 16.1. The Bertz CT molecular complexity index is 493. The minimum absolute atomic E-state index is 0.0196.